The summed E-state index contributed by atoms with van der Waals surface area (Å²) in [5, 5.41) is 11.0. The molecule has 1 aliphatic heterocycles. The quantitative estimate of drug-likeness (QED) is 0.836. The summed E-state index contributed by atoms with van der Waals surface area (Å²) < 4.78 is 17.2. The fourth-order valence-electron chi connectivity index (χ4n) is 2.23. The SMILES string of the molecule is CCn1nncc1CNc1cc2c(cc1C(=O)OC)OCO2. The molecule has 1 aliphatic rings. The van der Waals surface area contributed by atoms with Crippen LogP contribution >= 0.6 is 0 Å². The van der Waals surface area contributed by atoms with Crippen LogP contribution in [0.4, 0.5) is 5.69 Å². The number of nitrogens with zero attached hydrogens (tertiary/aromatic N) is 3. The first-order valence-electron chi connectivity index (χ1n) is 6.86. The molecule has 1 aromatic heterocycles. The highest BCUT2D eigenvalue weighted by atomic mass is 16.7. The van der Waals surface area contributed by atoms with E-state index in [4.69, 9.17) is 14.2 Å². The molecule has 0 unspecified atom stereocenters. The van der Waals surface area contributed by atoms with Gasteiger partial charge in [0.25, 0.3) is 0 Å². The number of fused-ring (bicyclic) bond motifs is 1. The van der Waals surface area contributed by atoms with Gasteiger partial charge in [0.2, 0.25) is 6.79 Å². The molecule has 2 aromatic rings. The van der Waals surface area contributed by atoms with Crippen LogP contribution in [0.3, 0.4) is 0 Å². The Hall–Kier alpha value is -2.77. The first-order valence-corrected chi connectivity index (χ1v) is 6.86. The molecular formula is C14H16N4O4. The lowest BCUT2D eigenvalue weighted by molar-refractivity contribution is 0.0601. The standard InChI is InChI=1S/C14H16N4O4/c1-3-18-9(7-16-17-18)6-15-11-5-13-12(21-8-22-13)4-10(11)14(19)20-2/h4-5,7,15H,3,6,8H2,1-2H3. The van der Waals surface area contributed by atoms with Crippen molar-refractivity contribution in [2.75, 3.05) is 19.2 Å². The van der Waals surface area contributed by atoms with E-state index >= 15 is 0 Å². The smallest absolute Gasteiger partial charge is 0.340 e. The first kappa shape index (κ1) is 14.2. The van der Waals surface area contributed by atoms with Gasteiger partial charge in [-0.2, -0.15) is 0 Å². The van der Waals surface area contributed by atoms with Crippen molar-refractivity contribution in [2.45, 2.75) is 20.0 Å². The molecule has 22 heavy (non-hydrogen) atoms. The molecular weight excluding hydrogens is 288 g/mol. The number of rotatable bonds is 5. The highest BCUT2D eigenvalue weighted by Crippen LogP contribution is 2.37. The van der Waals surface area contributed by atoms with E-state index in [2.05, 4.69) is 15.6 Å². The van der Waals surface area contributed by atoms with Crippen molar-refractivity contribution in [3.8, 4) is 11.5 Å². The van der Waals surface area contributed by atoms with Crippen molar-refractivity contribution in [1.29, 1.82) is 0 Å². The van der Waals surface area contributed by atoms with Crippen LogP contribution in [0, 0.1) is 0 Å². The predicted octanol–water partition coefficient (Wildman–Crippen LogP) is 1.43. The van der Waals surface area contributed by atoms with Crippen LogP contribution in [-0.2, 0) is 17.8 Å². The molecule has 0 amide bonds. The Bertz CT molecular complexity index is 698. The average Bonchev–Trinajstić information content (AvgIpc) is 3.18. The fraction of sp³-hybridized carbons (Fsp3) is 0.357. The number of benzene rings is 1. The fourth-order valence-corrected chi connectivity index (χ4v) is 2.23. The van der Waals surface area contributed by atoms with E-state index in [0.717, 1.165) is 12.2 Å². The monoisotopic (exact) mass is 304 g/mol. The topological polar surface area (TPSA) is 87.5 Å². The number of ether oxygens (including phenoxy) is 3. The van der Waals surface area contributed by atoms with Crippen LogP contribution in [-0.4, -0.2) is 34.9 Å². The van der Waals surface area contributed by atoms with Gasteiger partial charge in [0.05, 0.1) is 36.8 Å². The van der Waals surface area contributed by atoms with Gasteiger partial charge in [0.1, 0.15) is 0 Å². The summed E-state index contributed by atoms with van der Waals surface area (Å²) in [5.41, 5.74) is 1.92. The van der Waals surface area contributed by atoms with Crippen molar-refractivity contribution < 1.29 is 19.0 Å². The Labute approximate surface area is 127 Å². The van der Waals surface area contributed by atoms with Gasteiger partial charge in [-0.1, -0.05) is 5.21 Å². The van der Waals surface area contributed by atoms with Gasteiger partial charge >= 0.3 is 5.97 Å². The summed E-state index contributed by atoms with van der Waals surface area (Å²) in [6.07, 6.45) is 1.68. The summed E-state index contributed by atoms with van der Waals surface area (Å²) in [6, 6.07) is 3.35. The summed E-state index contributed by atoms with van der Waals surface area (Å²) in [6.45, 7) is 3.33. The molecule has 116 valence electrons. The van der Waals surface area contributed by atoms with Crippen LogP contribution in [0.5, 0.6) is 11.5 Å². The summed E-state index contributed by atoms with van der Waals surface area (Å²) in [4.78, 5) is 11.9. The van der Waals surface area contributed by atoms with E-state index in [9.17, 15) is 4.79 Å². The molecule has 2 heterocycles. The lowest BCUT2D eigenvalue weighted by Gasteiger charge is -2.12. The minimum Gasteiger partial charge on any atom is -0.465 e. The van der Waals surface area contributed by atoms with Crippen molar-refractivity contribution >= 4 is 11.7 Å². The van der Waals surface area contributed by atoms with Gasteiger partial charge in [-0.3, -0.25) is 0 Å². The molecule has 1 aromatic carbocycles. The van der Waals surface area contributed by atoms with Crippen molar-refractivity contribution in [3.05, 3.63) is 29.6 Å². The van der Waals surface area contributed by atoms with Crippen LogP contribution in [0.25, 0.3) is 0 Å². The zero-order chi connectivity index (χ0) is 15.5. The van der Waals surface area contributed by atoms with Crippen LogP contribution in [0.2, 0.25) is 0 Å². The molecule has 3 rings (SSSR count). The Balaban J connectivity index is 1.87. The van der Waals surface area contributed by atoms with E-state index in [1.807, 2.05) is 6.92 Å². The average molecular weight is 304 g/mol. The third kappa shape index (κ3) is 2.54. The number of hydrogen-bond acceptors (Lipinski definition) is 7. The number of nitrogens with one attached hydrogen (secondary N) is 1. The molecule has 0 saturated heterocycles. The largest absolute Gasteiger partial charge is 0.465 e. The normalized spacial score (nSPS) is 12.3. The third-order valence-corrected chi connectivity index (χ3v) is 3.38. The number of esters is 1. The van der Waals surface area contributed by atoms with Gasteiger partial charge in [-0.15, -0.1) is 5.10 Å². The van der Waals surface area contributed by atoms with Crippen molar-refractivity contribution in [2.24, 2.45) is 0 Å². The maximum atomic E-state index is 11.9. The number of hydrogen-bond donors (Lipinski definition) is 1. The molecule has 0 radical (unpaired) electrons. The zero-order valence-electron chi connectivity index (χ0n) is 12.3. The molecule has 0 aliphatic carbocycles. The van der Waals surface area contributed by atoms with Crippen LogP contribution < -0.4 is 14.8 Å². The van der Waals surface area contributed by atoms with Gasteiger partial charge in [-0.25, -0.2) is 9.48 Å². The van der Waals surface area contributed by atoms with E-state index in [1.165, 1.54) is 7.11 Å². The molecule has 1 N–H and O–H groups in total. The molecule has 0 spiro atoms. The molecule has 0 atom stereocenters. The molecule has 8 heteroatoms. The predicted molar refractivity (Wildman–Crippen MR) is 76.9 cm³/mol. The van der Waals surface area contributed by atoms with Crippen molar-refractivity contribution in [1.82, 2.24) is 15.0 Å². The van der Waals surface area contributed by atoms with E-state index in [-0.39, 0.29) is 6.79 Å². The number of carbonyl (C=O) groups excluding carboxylic acids is 1. The Morgan fingerprint density at radius 3 is 2.91 bits per heavy atom. The number of methoxy groups -OCH3 is 1. The highest BCUT2D eigenvalue weighted by molar-refractivity contribution is 5.96. The lowest BCUT2D eigenvalue weighted by atomic mass is 10.1. The van der Waals surface area contributed by atoms with Crippen LogP contribution in [0.1, 0.15) is 23.0 Å². The summed E-state index contributed by atoms with van der Waals surface area (Å²) >= 11 is 0. The first-order chi connectivity index (χ1) is 10.7. The molecule has 0 fully saturated rings. The van der Waals surface area contributed by atoms with Gasteiger partial charge in [0.15, 0.2) is 11.5 Å². The zero-order valence-corrected chi connectivity index (χ0v) is 12.3. The number of carbonyl (C=O) groups is 1. The van der Waals surface area contributed by atoms with E-state index in [1.54, 1.807) is 23.0 Å². The molecule has 0 saturated carbocycles. The Kier molecular flexibility index (Phi) is 3.82. The highest BCUT2D eigenvalue weighted by Gasteiger charge is 2.21. The van der Waals surface area contributed by atoms with E-state index in [0.29, 0.717) is 29.3 Å². The minimum atomic E-state index is -0.442. The Morgan fingerprint density at radius 2 is 2.18 bits per heavy atom. The second-order valence-electron chi connectivity index (χ2n) is 4.64. The maximum absolute atomic E-state index is 11.9. The van der Waals surface area contributed by atoms with Crippen molar-refractivity contribution in [3.63, 3.8) is 0 Å². The second kappa shape index (κ2) is 5.92. The van der Waals surface area contributed by atoms with Gasteiger partial charge in [-0.05, 0) is 6.92 Å². The maximum Gasteiger partial charge on any atom is 0.340 e. The summed E-state index contributed by atoms with van der Waals surface area (Å²) in [5.74, 6) is 0.686. The minimum absolute atomic E-state index is 0.145. The number of anilines is 1. The third-order valence-electron chi connectivity index (χ3n) is 3.38. The number of aryl methyl sites for hydroxylation is 1. The van der Waals surface area contributed by atoms with E-state index < -0.39 is 5.97 Å². The van der Waals surface area contributed by atoms with Gasteiger partial charge in [0, 0.05) is 18.7 Å². The molecule has 8 nitrogen and oxygen atoms in total. The van der Waals surface area contributed by atoms with Crippen LogP contribution in [0.15, 0.2) is 18.3 Å². The molecule has 0 bridgehead atoms. The van der Waals surface area contributed by atoms with Gasteiger partial charge < -0.3 is 19.5 Å². The summed E-state index contributed by atoms with van der Waals surface area (Å²) in [7, 11) is 1.34. The number of aromatic nitrogens is 3. The second-order valence-corrected chi connectivity index (χ2v) is 4.64. The lowest BCUT2D eigenvalue weighted by Crippen LogP contribution is -2.11. The Morgan fingerprint density at radius 1 is 1.41 bits per heavy atom.